The molecule has 2 rings (SSSR count). The summed E-state index contributed by atoms with van der Waals surface area (Å²) >= 11 is 0. The van der Waals surface area contributed by atoms with Gasteiger partial charge >= 0.3 is 0 Å². The zero-order chi connectivity index (χ0) is 14.4. The van der Waals surface area contributed by atoms with Gasteiger partial charge in [0.15, 0.2) is 0 Å². The van der Waals surface area contributed by atoms with Crippen LogP contribution in [0.5, 0.6) is 11.5 Å². The van der Waals surface area contributed by atoms with Crippen LogP contribution in [0.1, 0.15) is 30.5 Å². The highest BCUT2D eigenvalue weighted by molar-refractivity contribution is 5.41. The topological polar surface area (TPSA) is 45.0 Å². The Morgan fingerprint density at radius 2 is 1.85 bits per heavy atom. The standard InChI is InChI=1S/C17H18N2O/c1-3-16(19-2)15-6-4-5-7-17(15)20-14-10-8-13(12-18)9-11-14/h4-11,16,19H,3H2,1-2H3. The molecular weight excluding hydrogens is 248 g/mol. The van der Waals surface area contributed by atoms with Gasteiger partial charge in [-0.25, -0.2) is 0 Å². The fourth-order valence-electron chi connectivity index (χ4n) is 2.17. The van der Waals surface area contributed by atoms with E-state index in [4.69, 9.17) is 10.00 Å². The molecule has 1 N–H and O–H groups in total. The van der Waals surface area contributed by atoms with Gasteiger partial charge in [0.25, 0.3) is 0 Å². The molecule has 2 aromatic carbocycles. The number of hydrogen-bond acceptors (Lipinski definition) is 3. The molecule has 0 amide bonds. The lowest BCUT2D eigenvalue weighted by Gasteiger charge is -2.18. The van der Waals surface area contributed by atoms with Gasteiger partial charge in [0.05, 0.1) is 11.6 Å². The maximum atomic E-state index is 8.80. The van der Waals surface area contributed by atoms with Crippen LogP contribution in [0.2, 0.25) is 0 Å². The summed E-state index contributed by atoms with van der Waals surface area (Å²) in [5, 5.41) is 12.1. The number of nitrogens with one attached hydrogen (secondary N) is 1. The predicted molar refractivity (Wildman–Crippen MR) is 79.8 cm³/mol. The third-order valence-electron chi connectivity index (χ3n) is 3.26. The highest BCUT2D eigenvalue weighted by Gasteiger charge is 2.12. The number of nitriles is 1. The summed E-state index contributed by atoms with van der Waals surface area (Å²) in [6.45, 7) is 2.14. The normalized spacial score (nSPS) is 11.7. The lowest BCUT2D eigenvalue weighted by atomic mass is 10.0. The molecule has 102 valence electrons. The SMILES string of the molecule is CCC(NC)c1ccccc1Oc1ccc(C#N)cc1. The molecule has 0 heterocycles. The molecule has 0 saturated carbocycles. The van der Waals surface area contributed by atoms with E-state index >= 15 is 0 Å². The number of benzene rings is 2. The van der Waals surface area contributed by atoms with Crippen molar-refractivity contribution in [2.24, 2.45) is 0 Å². The van der Waals surface area contributed by atoms with Crippen LogP contribution in [0.15, 0.2) is 48.5 Å². The van der Waals surface area contributed by atoms with E-state index in [1.807, 2.05) is 37.4 Å². The highest BCUT2D eigenvalue weighted by Crippen LogP contribution is 2.30. The molecule has 0 fully saturated rings. The van der Waals surface area contributed by atoms with Gasteiger partial charge in [0.2, 0.25) is 0 Å². The molecule has 2 aromatic rings. The first-order chi connectivity index (χ1) is 9.78. The number of nitrogens with zero attached hydrogens (tertiary/aromatic N) is 1. The molecule has 0 bridgehead atoms. The van der Waals surface area contributed by atoms with Crippen LogP contribution in [-0.2, 0) is 0 Å². The maximum absolute atomic E-state index is 8.80. The van der Waals surface area contributed by atoms with E-state index in [-0.39, 0.29) is 6.04 Å². The van der Waals surface area contributed by atoms with Crippen molar-refractivity contribution < 1.29 is 4.74 Å². The van der Waals surface area contributed by atoms with Crippen LogP contribution in [0.3, 0.4) is 0 Å². The van der Waals surface area contributed by atoms with Crippen molar-refractivity contribution in [1.82, 2.24) is 5.32 Å². The molecule has 0 aliphatic carbocycles. The Balaban J connectivity index is 2.26. The lowest BCUT2D eigenvalue weighted by molar-refractivity contribution is 0.459. The Kier molecular flexibility index (Phi) is 4.75. The van der Waals surface area contributed by atoms with E-state index in [2.05, 4.69) is 24.4 Å². The van der Waals surface area contributed by atoms with E-state index in [0.717, 1.165) is 23.5 Å². The molecule has 1 unspecified atom stereocenters. The molecule has 0 aliphatic rings. The van der Waals surface area contributed by atoms with Crippen molar-refractivity contribution in [3.05, 3.63) is 59.7 Å². The summed E-state index contributed by atoms with van der Waals surface area (Å²) in [6, 6.07) is 17.5. The minimum Gasteiger partial charge on any atom is -0.457 e. The molecule has 0 spiro atoms. The van der Waals surface area contributed by atoms with Crippen LogP contribution < -0.4 is 10.1 Å². The lowest BCUT2D eigenvalue weighted by Crippen LogP contribution is -2.15. The van der Waals surface area contributed by atoms with Crippen molar-refractivity contribution in [3.63, 3.8) is 0 Å². The summed E-state index contributed by atoms with van der Waals surface area (Å²) < 4.78 is 5.94. The number of hydrogen-bond donors (Lipinski definition) is 1. The largest absolute Gasteiger partial charge is 0.457 e. The second-order valence-corrected chi connectivity index (χ2v) is 4.53. The quantitative estimate of drug-likeness (QED) is 0.889. The Bertz CT molecular complexity index is 595. The van der Waals surface area contributed by atoms with Gasteiger partial charge in [-0.1, -0.05) is 25.1 Å². The Morgan fingerprint density at radius 3 is 2.45 bits per heavy atom. The van der Waals surface area contributed by atoms with Crippen molar-refractivity contribution >= 4 is 0 Å². The maximum Gasteiger partial charge on any atom is 0.132 e. The van der Waals surface area contributed by atoms with Crippen LogP contribution >= 0.6 is 0 Å². The molecule has 1 atom stereocenters. The Hall–Kier alpha value is -2.31. The zero-order valence-electron chi connectivity index (χ0n) is 11.8. The van der Waals surface area contributed by atoms with Gasteiger partial charge in [0.1, 0.15) is 11.5 Å². The van der Waals surface area contributed by atoms with Crippen LogP contribution in [0.4, 0.5) is 0 Å². The van der Waals surface area contributed by atoms with Crippen LogP contribution in [0, 0.1) is 11.3 Å². The summed E-state index contributed by atoms with van der Waals surface area (Å²) in [4.78, 5) is 0. The second-order valence-electron chi connectivity index (χ2n) is 4.53. The smallest absolute Gasteiger partial charge is 0.132 e. The van der Waals surface area contributed by atoms with E-state index in [9.17, 15) is 0 Å². The fourth-order valence-corrected chi connectivity index (χ4v) is 2.17. The van der Waals surface area contributed by atoms with Gasteiger partial charge in [-0.2, -0.15) is 5.26 Å². The molecule has 3 heteroatoms. The van der Waals surface area contributed by atoms with Gasteiger partial charge in [-0.05, 0) is 43.8 Å². The summed E-state index contributed by atoms with van der Waals surface area (Å²) in [5.41, 5.74) is 1.77. The molecule has 0 aromatic heterocycles. The number of para-hydroxylation sites is 1. The third-order valence-corrected chi connectivity index (χ3v) is 3.26. The molecule has 20 heavy (non-hydrogen) atoms. The monoisotopic (exact) mass is 266 g/mol. The van der Waals surface area contributed by atoms with E-state index < -0.39 is 0 Å². The number of rotatable bonds is 5. The third kappa shape index (κ3) is 3.17. The summed E-state index contributed by atoms with van der Waals surface area (Å²) in [5.74, 6) is 1.58. The average molecular weight is 266 g/mol. The summed E-state index contributed by atoms with van der Waals surface area (Å²) in [7, 11) is 1.95. The molecule has 0 aliphatic heterocycles. The van der Waals surface area contributed by atoms with E-state index in [1.165, 1.54) is 0 Å². The fraction of sp³-hybridized carbons (Fsp3) is 0.235. The first-order valence-electron chi connectivity index (χ1n) is 6.72. The van der Waals surface area contributed by atoms with Crippen molar-refractivity contribution in [1.29, 1.82) is 5.26 Å². The van der Waals surface area contributed by atoms with Gasteiger partial charge < -0.3 is 10.1 Å². The van der Waals surface area contributed by atoms with Crippen molar-refractivity contribution in [2.75, 3.05) is 7.05 Å². The Morgan fingerprint density at radius 1 is 1.15 bits per heavy atom. The van der Waals surface area contributed by atoms with Gasteiger partial charge in [-0.15, -0.1) is 0 Å². The molecule has 0 saturated heterocycles. The Labute approximate surface area is 119 Å². The van der Waals surface area contributed by atoms with Crippen LogP contribution in [0.25, 0.3) is 0 Å². The number of ether oxygens (including phenoxy) is 1. The summed E-state index contributed by atoms with van der Waals surface area (Å²) in [6.07, 6.45) is 0.990. The average Bonchev–Trinajstić information content (AvgIpc) is 2.51. The van der Waals surface area contributed by atoms with E-state index in [1.54, 1.807) is 12.1 Å². The van der Waals surface area contributed by atoms with E-state index in [0.29, 0.717) is 5.56 Å². The predicted octanol–water partition coefficient (Wildman–Crippen LogP) is 4.02. The van der Waals surface area contributed by atoms with Crippen LogP contribution in [-0.4, -0.2) is 7.05 Å². The van der Waals surface area contributed by atoms with Gasteiger partial charge in [0, 0.05) is 11.6 Å². The molecular formula is C17H18N2O. The minimum atomic E-state index is 0.268. The van der Waals surface area contributed by atoms with Crippen molar-refractivity contribution in [2.45, 2.75) is 19.4 Å². The minimum absolute atomic E-state index is 0.268. The van der Waals surface area contributed by atoms with Crippen molar-refractivity contribution in [3.8, 4) is 17.6 Å². The van der Waals surface area contributed by atoms with Gasteiger partial charge in [-0.3, -0.25) is 0 Å². The molecule has 0 radical (unpaired) electrons. The first-order valence-corrected chi connectivity index (χ1v) is 6.72. The molecule has 3 nitrogen and oxygen atoms in total. The highest BCUT2D eigenvalue weighted by atomic mass is 16.5. The first kappa shape index (κ1) is 14.1. The zero-order valence-corrected chi connectivity index (χ0v) is 11.8. The second kappa shape index (κ2) is 6.74.